The Kier molecular flexibility index (Phi) is 3.95. The first kappa shape index (κ1) is 12.0. The van der Waals surface area contributed by atoms with Gasteiger partial charge in [0.25, 0.3) is 0 Å². The fourth-order valence-electron chi connectivity index (χ4n) is 1.87. The highest BCUT2D eigenvalue weighted by Crippen LogP contribution is 2.20. The average Bonchev–Trinajstić information content (AvgIpc) is 2.28. The molecule has 88 valence electrons. The van der Waals surface area contributed by atoms with Crippen LogP contribution in [-0.4, -0.2) is 23.7 Å². The maximum Gasteiger partial charge on any atom is 0.0483 e. The molecule has 0 aromatic carbocycles. The minimum absolute atomic E-state index is 0.209. The summed E-state index contributed by atoms with van der Waals surface area (Å²) < 4.78 is 6.41. The number of nitrogens with zero attached hydrogens (tertiary/aromatic N) is 1. The molecular formula is C12H17BrN2O. The van der Waals surface area contributed by atoms with Gasteiger partial charge in [0, 0.05) is 42.2 Å². The van der Waals surface area contributed by atoms with Gasteiger partial charge in [0.05, 0.1) is 0 Å². The Labute approximate surface area is 105 Å². The highest BCUT2D eigenvalue weighted by molar-refractivity contribution is 9.10. The van der Waals surface area contributed by atoms with Crippen LogP contribution < -0.4 is 5.32 Å². The fraction of sp³-hybridized carbons (Fsp3) is 0.583. The maximum atomic E-state index is 5.38. The van der Waals surface area contributed by atoms with Crippen LogP contribution in [0.25, 0.3) is 0 Å². The van der Waals surface area contributed by atoms with Crippen LogP contribution in [-0.2, 0) is 11.3 Å². The van der Waals surface area contributed by atoms with Crippen LogP contribution in [0.2, 0.25) is 0 Å². The third-order valence-corrected chi connectivity index (χ3v) is 3.51. The average molecular weight is 285 g/mol. The van der Waals surface area contributed by atoms with Gasteiger partial charge in [-0.05, 0) is 47.3 Å². The molecule has 0 amide bonds. The predicted octanol–water partition coefficient (Wildman–Crippen LogP) is 2.50. The van der Waals surface area contributed by atoms with Crippen molar-refractivity contribution in [2.24, 2.45) is 0 Å². The third-order valence-electron chi connectivity index (χ3n) is 3.08. The van der Waals surface area contributed by atoms with Gasteiger partial charge in [-0.3, -0.25) is 4.98 Å². The van der Waals surface area contributed by atoms with Crippen LogP contribution >= 0.6 is 15.9 Å². The number of rotatable bonds is 3. The molecule has 1 aromatic heterocycles. The number of ether oxygens (including phenoxy) is 1. The maximum absolute atomic E-state index is 5.38. The molecule has 0 radical (unpaired) electrons. The van der Waals surface area contributed by atoms with Gasteiger partial charge >= 0.3 is 0 Å². The number of nitrogens with one attached hydrogen (secondary N) is 1. The highest BCUT2D eigenvalue weighted by atomic mass is 79.9. The molecule has 2 heterocycles. The van der Waals surface area contributed by atoms with Gasteiger partial charge in [0.15, 0.2) is 0 Å². The quantitative estimate of drug-likeness (QED) is 0.926. The molecule has 0 atom stereocenters. The summed E-state index contributed by atoms with van der Waals surface area (Å²) in [6.07, 6.45) is 5.86. The van der Waals surface area contributed by atoms with Crippen LogP contribution in [0.3, 0.4) is 0 Å². The smallest absolute Gasteiger partial charge is 0.0483 e. The largest absolute Gasteiger partial charge is 0.381 e. The van der Waals surface area contributed by atoms with Crippen molar-refractivity contribution >= 4 is 15.9 Å². The monoisotopic (exact) mass is 284 g/mol. The molecule has 0 aliphatic carbocycles. The fourth-order valence-corrected chi connectivity index (χ4v) is 2.28. The first-order valence-electron chi connectivity index (χ1n) is 5.60. The summed E-state index contributed by atoms with van der Waals surface area (Å²) in [5.74, 6) is 0. The van der Waals surface area contributed by atoms with Gasteiger partial charge in [-0.25, -0.2) is 0 Å². The molecule has 16 heavy (non-hydrogen) atoms. The van der Waals surface area contributed by atoms with Crippen molar-refractivity contribution < 1.29 is 4.74 Å². The van der Waals surface area contributed by atoms with E-state index in [2.05, 4.69) is 39.2 Å². The van der Waals surface area contributed by atoms with E-state index < -0.39 is 0 Å². The number of halogens is 1. The SMILES string of the molecule is CC1(NCc2cncc(Br)c2)CCOCC1. The van der Waals surface area contributed by atoms with Gasteiger partial charge in [-0.2, -0.15) is 0 Å². The zero-order valence-electron chi connectivity index (χ0n) is 9.50. The van der Waals surface area contributed by atoms with E-state index in [9.17, 15) is 0 Å². The molecule has 4 heteroatoms. The van der Waals surface area contributed by atoms with Crippen molar-refractivity contribution in [2.45, 2.75) is 31.8 Å². The normalized spacial score (nSPS) is 19.6. The summed E-state index contributed by atoms with van der Waals surface area (Å²) in [5, 5.41) is 3.60. The first-order valence-corrected chi connectivity index (χ1v) is 6.39. The first-order chi connectivity index (χ1) is 7.68. The van der Waals surface area contributed by atoms with E-state index in [-0.39, 0.29) is 5.54 Å². The summed E-state index contributed by atoms with van der Waals surface area (Å²) >= 11 is 3.43. The van der Waals surface area contributed by atoms with Crippen molar-refractivity contribution in [3.05, 3.63) is 28.5 Å². The number of pyridine rings is 1. The molecule has 0 unspecified atom stereocenters. The van der Waals surface area contributed by atoms with Gasteiger partial charge in [-0.15, -0.1) is 0 Å². The highest BCUT2D eigenvalue weighted by Gasteiger charge is 2.26. The Morgan fingerprint density at radius 2 is 2.19 bits per heavy atom. The lowest BCUT2D eigenvalue weighted by Gasteiger charge is -2.34. The van der Waals surface area contributed by atoms with E-state index in [0.29, 0.717) is 0 Å². The van der Waals surface area contributed by atoms with Gasteiger partial charge in [0.2, 0.25) is 0 Å². The summed E-state index contributed by atoms with van der Waals surface area (Å²) in [5.41, 5.74) is 1.42. The van der Waals surface area contributed by atoms with Gasteiger partial charge in [-0.1, -0.05) is 0 Å². The minimum Gasteiger partial charge on any atom is -0.381 e. The second kappa shape index (κ2) is 5.25. The zero-order valence-corrected chi connectivity index (χ0v) is 11.1. The summed E-state index contributed by atoms with van der Waals surface area (Å²) in [6.45, 7) is 4.85. The molecule has 1 aliphatic rings. The Balaban J connectivity index is 1.91. The lowest BCUT2D eigenvalue weighted by molar-refractivity contribution is 0.0446. The molecule has 0 saturated carbocycles. The van der Waals surface area contributed by atoms with Crippen molar-refractivity contribution in [2.75, 3.05) is 13.2 Å². The molecule has 1 N–H and O–H groups in total. The molecule has 1 saturated heterocycles. The standard InChI is InChI=1S/C12H17BrN2O/c1-12(2-4-16-5-3-12)15-8-10-6-11(13)9-14-7-10/h6-7,9,15H,2-5,8H2,1H3. The lowest BCUT2D eigenvalue weighted by Crippen LogP contribution is -2.46. The molecule has 3 nitrogen and oxygen atoms in total. The van der Waals surface area contributed by atoms with E-state index in [1.807, 2.05) is 6.20 Å². The predicted molar refractivity (Wildman–Crippen MR) is 67.2 cm³/mol. The van der Waals surface area contributed by atoms with Crippen molar-refractivity contribution in [1.82, 2.24) is 10.3 Å². The molecule has 1 aromatic rings. The third kappa shape index (κ3) is 3.27. The molecule has 2 rings (SSSR count). The molecule has 0 bridgehead atoms. The Bertz CT molecular complexity index is 351. The van der Waals surface area contributed by atoms with Crippen LogP contribution in [0.1, 0.15) is 25.3 Å². The van der Waals surface area contributed by atoms with Gasteiger partial charge in [0.1, 0.15) is 0 Å². The Hall–Kier alpha value is -0.450. The summed E-state index contributed by atoms with van der Waals surface area (Å²) in [4.78, 5) is 4.16. The summed E-state index contributed by atoms with van der Waals surface area (Å²) in [6, 6.07) is 2.10. The summed E-state index contributed by atoms with van der Waals surface area (Å²) in [7, 11) is 0. The van der Waals surface area contributed by atoms with E-state index in [4.69, 9.17) is 4.74 Å². The van der Waals surface area contributed by atoms with E-state index in [1.165, 1.54) is 5.56 Å². The molecular weight excluding hydrogens is 268 g/mol. The molecule has 1 fully saturated rings. The topological polar surface area (TPSA) is 34.2 Å². The molecule has 1 aliphatic heterocycles. The second-order valence-electron chi connectivity index (χ2n) is 4.54. The van der Waals surface area contributed by atoms with Crippen molar-refractivity contribution in [1.29, 1.82) is 0 Å². The lowest BCUT2D eigenvalue weighted by atomic mass is 9.92. The van der Waals surface area contributed by atoms with Crippen LogP contribution in [0.4, 0.5) is 0 Å². The van der Waals surface area contributed by atoms with Crippen LogP contribution in [0.5, 0.6) is 0 Å². The number of hydrogen-bond acceptors (Lipinski definition) is 3. The van der Waals surface area contributed by atoms with E-state index in [0.717, 1.165) is 37.1 Å². The minimum atomic E-state index is 0.209. The second-order valence-corrected chi connectivity index (χ2v) is 5.45. The Morgan fingerprint density at radius 3 is 2.88 bits per heavy atom. The zero-order chi connectivity index (χ0) is 11.4. The van der Waals surface area contributed by atoms with E-state index in [1.54, 1.807) is 6.20 Å². The van der Waals surface area contributed by atoms with E-state index >= 15 is 0 Å². The molecule has 0 spiro atoms. The van der Waals surface area contributed by atoms with Gasteiger partial charge < -0.3 is 10.1 Å². The number of hydrogen-bond donors (Lipinski definition) is 1. The number of aromatic nitrogens is 1. The van der Waals surface area contributed by atoms with Crippen molar-refractivity contribution in [3.8, 4) is 0 Å². The Morgan fingerprint density at radius 1 is 1.44 bits per heavy atom. The van der Waals surface area contributed by atoms with Crippen LogP contribution in [0.15, 0.2) is 22.9 Å². The van der Waals surface area contributed by atoms with Crippen LogP contribution in [0, 0.1) is 0 Å². The van der Waals surface area contributed by atoms with Crippen molar-refractivity contribution in [3.63, 3.8) is 0 Å².